The molecule has 7 heteroatoms. The van der Waals surface area contributed by atoms with Gasteiger partial charge in [0.15, 0.2) is 9.84 Å². The van der Waals surface area contributed by atoms with E-state index in [1.165, 1.54) is 12.1 Å². The first-order chi connectivity index (χ1) is 12.3. The third-order valence-corrected chi connectivity index (χ3v) is 6.31. The number of nitrogens with zero attached hydrogens (tertiary/aromatic N) is 1. The average Bonchev–Trinajstić information content (AvgIpc) is 2.66. The standard InChI is InChI=1S/C19H19NO5S/c1-2-26(24,25)17-5-3-4-14(11-17)18(21)20-9-8-13-6-7-15(19(22)23)10-16(13)12-20/h3-7,10-11H,2,8-9,12H2,1H3,(H,22,23). The van der Waals surface area contributed by atoms with E-state index in [0.29, 0.717) is 25.1 Å². The summed E-state index contributed by atoms with van der Waals surface area (Å²) in [4.78, 5) is 25.7. The highest BCUT2D eigenvalue weighted by atomic mass is 32.2. The van der Waals surface area contributed by atoms with E-state index in [1.54, 1.807) is 42.2 Å². The molecule has 1 aliphatic heterocycles. The van der Waals surface area contributed by atoms with E-state index in [4.69, 9.17) is 5.11 Å². The Kier molecular flexibility index (Phi) is 4.82. The van der Waals surface area contributed by atoms with Crippen LogP contribution < -0.4 is 0 Å². The first-order valence-corrected chi connectivity index (χ1v) is 9.94. The Morgan fingerprint density at radius 1 is 1.08 bits per heavy atom. The Morgan fingerprint density at radius 2 is 1.85 bits per heavy atom. The fraction of sp³-hybridized carbons (Fsp3) is 0.263. The number of benzene rings is 2. The van der Waals surface area contributed by atoms with Gasteiger partial charge in [-0.05, 0) is 47.9 Å². The molecule has 26 heavy (non-hydrogen) atoms. The monoisotopic (exact) mass is 373 g/mol. The Hall–Kier alpha value is -2.67. The van der Waals surface area contributed by atoms with Crippen LogP contribution in [0.1, 0.15) is 38.8 Å². The van der Waals surface area contributed by atoms with Crippen LogP contribution in [0.15, 0.2) is 47.4 Å². The lowest BCUT2D eigenvalue weighted by atomic mass is 9.97. The van der Waals surface area contributed by atoms with Crippen molar-refractivity contribution in [3.05, 3.63) is 64.7 Å². The topological polar surface area (TPSA) is 91.8 Å². The van der Waals surface area contributed by atoms with Crippen LogP contribution in [-0.2, 0) is 22.8 Å². The second-order valence-corrected chi connectivity index (χ2v) is 8.47. The van der Waals surface area contributed by atoms with Crippen molar-refractivity contribution in [3.63, 3.8) is 0 Å². The quantitative estimate of drug-likeness (QED) is 0.888. The molecule has 136 valence electrons. The molecule has 0 saturated heterocycles. The van der Waals surface area contributed by atoms with Crippen molar-refractivity contribution >= 4 is 21.7 Å². The number of carbonyl (C=O) groups excluding carboxylic acids is 1. The summed E-state index contributed by atoms with van der Waals surface area (Å²) in [5, 5.41) is 9.13. The van der Waals surface area contributed by atoms with Crippen LogP contribution >= 0.6 is 0 Å². The number of carboxylic acids is 1. The SMILES string of the molecule is CCS(=O)(=O)c1cccc(C(=O)N2CCc3ccc(C(=O)O)cc3C2)c1. The molecule has 0 fully saturated rings. The summed E-state index contributed by atoms with van der Waals surface area (Å²) in [6.45, 7) is 2.37. The van der Waals surface area contributed by atoms with Gasteiger partial charge in [-0.15, -0.1) is 0 Å². The van der Waals surface area contributed by atoms with E-state index in [9.17, 15) is 18.0 Å². The molecule has 2 aromatic carbocycles. The van der Waals surface area contributed by atoms with E-state index in [1.807, 2.05) is 0 Å². The maximum atomic E-state index is 12.8. The predicted octanol–water partition coefficient (Wildman–Crippen LogP) is 2.38. The van der Waals surface area contributed by atoms with E-state index in [-0.39, 0.29) is 22.1 Å². The summed E-state index contributed by atoms with van der Waals surface area (Å²) in [5.74, 6) is -1.29. The summed E-state index contributed by atoms with van der Waals surface area (Å²) in [6, 6.07) is 11.0. The van der Waals surface area contributed by atoms with Crippen molar-refractivity contribution in [2.75, 3.05) is 12.3 Å². The Balaban J connectivity index is 1.87. The first kappa shape index (κ1) is 18.1. The fourth-order valence-corrected chi connectivity index (χ4v) is 3.96. The normalized spacial score (nSPS) is 14.0. The number of carbonyl (C=O) groups is 2. The van der Waals surface area contributed by atoms with Crippen LogP contribution in [0.3, 0.4) is 0 Å². The Bertz CT molecular complexity index is 981. The largest absolute Gasteiger partial charge is 0.478 e. The summed E-state index contributed by atoms with van der Waals surface area (Å²) in [6.07, 6.45) is 0.633. The van der Waals surface area contributed by atoms with Gasteiger partial charge in [-0.2, -0.15) is 0 Å². The second-order valence-electron chi connectivity index (χ2n) is 6.20. The Labute approximate surface area is 152 Å². The van der Waals surface area contributed by atoms with Crippen molar-refractivity contribution in [2.24, 2.45) is 0 Å². The molecule has 1 heterocycles. The van der Waals surface area contributed by atoms with Gasteiger partial charge in [0.05, 0.1) is 16.2 Å². The van der Waals surface area contributed by atoms with Crippen molar-refractivity contribution in [3.8, 4) is 0 Å². The number of hydrogen-bond donors (Lipinski definition) is 1. The van der Waals surface area contributed by atoms with Crippen LogP contribution in [0.4, 0.5) is 0 Å². The molecule has 0 atom stereocenters. The zero-order valence-corrected chi connectivity index (χ0v) is 15.1. The molecule has 0 bridgehead atoms. The van der Waals surface area contributed by atoms with E-state index >= 15 is 0 Å². The highest BCUT2D eigenvalue weighted by molar-refractivity contribution is 7.91. The van der Waals surface area contributed by atoms with Gasteiger partial charge < -0.3 is 10.0 Å². The Morgan fingerprint density at radius 3 is 2.54 bits per heavy atom. The number of carboxylic acid groups (broad SMARTS) is 1. The molecule has 0 saturated carbocycles. The molecule has 0 radical (unpaired) electrons. The summed E-state index contributed by atoms with van der Waals surface area (Å²) in [5.41, 5.74) is 2.34. The van der Waals surface area contributed by atoms with Gasteiger partial charge in [-0.25, -0.2) is 13.2 Å². The summed E-state index contributed by atoms with van der Waals surface area (Å²) >= 11 is 0. The maximum Gasteiger partial charge on any atom is 0.335 e. The maximum absolute atomic E-state index is 12.8. The molecule has 2 aromatic rings. The van der Waals surface area contributed by atoms with E-state index in [2.05, 4.69) is 0 Å². The highest BCUT2D eigenvalue weighted by Gasteiger charge is 2.23. The van der Waals surface area contributed by atoms with Crippen molar-refractivity contribution in [2.45, 2.75) is 24.8 Å². The zero-order valence-electron chi connectivity index (χ0n) is 14.3. The molecule has 0 spiro atoms. The highest BCUT2D eigenvalue weighted by Crippen LogP contribution is 2.23. The first-order valence-electron chi connectivity index (χ1n) is 8.29. The van der Waals surface area contributed by atoms with Crippen LogP contribution in [0.25, 0.3) is 0 Å². The summed E-state index contributed by atoms with van der Waals surface area (Å²) < 4.78 is 24.1. The molecular formula is C19H19NO5S. The number of amides is 1. The average molecular weight is 373 g/mol. The zero-order chi connectivity index (χ0) is 18.9. The minimum Gasteiger partial charge on any atom is -0.478 e. The lowest BCUT2D eigenvalue weighted by molar-refractivity contribution is 0.0696. The fourth-order valence-electron chi connectivity index (χ4n) is 3.04. The third kappa shape index (κ3) is 3.48. The van der Waals surface area contributed by atoms with E-state index < -0.39 is 15.8 Å². The van der Waals surface area contributed by atoms with Gasteiger partial charge in [-0.3, -0.25) is 4.79 Å². The lowest BCUT2D eigenvalue weighted by Gasteiger charge is -2.29. The second kappa shape index (κ2) is 6.92. The number of sulfone groups is 1. The molecule has 0 unspecified atom stereocenters. The lowest BCUT2D eigenvalue weighted by Crippen LogP contribution is -2.36. The van der Waals surface area contributed by atoms with Gasteiger partial charge >= 0.3 is 5.97 Å². The van der Waals surface area contributed by atoms with Gasteiger partial charge in [0.1, 0.15) is 0 Å². The minimum absolute atomic E-state index is 0.0281. The van der Waals surface area contributed by atoms with Crippen molar-refractivity contribution in [1.82, 2.24) is 4.90 Å². The number of fused-ring (bicyclic) bond motifs is 1. The van der Waals surface area contributed by atoms with Crippen LogP contribution in [0.2, 0.25) is 0 Å². The van der Waals surface area contributed by atoms with Gasteiger partial charge in [-0.1, -0.05) is 19.1 Å². The van der Waals surface area contributed by atoms with Crippen molar-refractivity contribution in [1.29, 1.82) is 0 Å². The summed E-state index contributed by atoms with van der Waals surface area (Å²) in [7, 11) is -3.38. The van der Waals surface area contributed by atoms with Crippen LogP contribution in [-0.4, -0.2) is 42.6 Å². The number of hydrogen-bond acceptors (Lipinski definition) is 4. The molecule has 6 nitrogen and oxygen atoms in total. The number of rotatable bonds is 4. The van der Waals surface area contributed by atoms with Crippen LogP contribution in [0.5, 0.6) is 0 Å². The molecule has 3 rings (SSSR count). The van der Waals surface area contributed by atoms with Crippen molar-refractivity contribution < 1.29 is 23.1 Å². The van der Waals surface area contributed by atoms with Gasteiger partial charge in [0.2, 0.25) is 0 Å². The van der Waals surface area contributed by atoms with Gasteiger partial charge in [0.25, 0.3) is 5.91 Å². The van der Waals surface area contributed by atoms with Crippen LogP contribution in [0, 0.1) is 0 Å². The van der Waals surface area contributed by atoms with E-state index in [0.717, 1.165) is 11.1 Å². The molecular weight excluding hydrogens is 354 g/mol. The number of aromatic carboxylic acids is 1. The molecule has 0 aliphatic carbocycles. The molecule has 1 amide bonds. The molecule has 1 N–H and O–H groups in total. The molecule has 0 aromatic heterocycles. The smallest absolute Gasteiger partial charge is 0.335 e. The molecule has 1 aliphatic rings. The minimum atomic E-state index is -3.38. The third-order valence-electron chi connectivity index (χ3n) is 4.57. The predicted molar refractivity (Wildman–Crippen MR) is 96.0 cm³/mol. The van der Waals surface area contributed by atoms with Gasteiger partial charge in [0, 0.05) is 18.7 Å².